The number of carbonyl (C=O) groups excluding carboxylic acids is 1. The van der Waals surface area contributed by atoms with Gasteiger partial charge in [0.25, 0.3) is 0 Å². The van der Waals surface area contributed by atoms with E-state index in [0.29, 0.717) is 25.5 Å². The number of halogens is 2. The number of anilines is 1. The molecule has 8 heteroatoms. The second-order valence-electron chi connectivity index (χ2n) is 6.93. The molecule has 162 valence electrons. The number of hydrogen-bond acceptors (Lipinski definition) is 3. The largest absolute Gasteiger partial charge is 0.368 e. The highest BCUT2D eigenvalue weighted by atomic mass is 127. The number of nitrogens with one attached hydrogen (secondary N) is 2. The Morgan fingerprint density at radius 2 is 1.67 bits per heavy atom. The van der Waals surface area contributed by atoms with E-state index in [9.17, 15) is 4.79 Å². The lowest BCUT2D eigenvalue weighted by atomic mass is 10.2. The summed E-state index contributed by atoms with van der Waals surface area (Å²) in [5.41, 5.74) is 2.33. The maximum Gasteiger partial charge on any atom is 0.224 e. The van der Waals surface area contributed by atoms with Crippen LogP contribution >= 0.6 is 35.6 Å². The van der Waals surface area contributed by atoms with Crippen LogP contribution in [0.15, 0.2) is 59.6 Å². The summed E-state index contributed by atoms with van der Waals surface area (Å²) in [5, 5.41) is 7.18. The van der Waals surface area contributed by atoms with Gasteiger partial charge in [-0.25, -0.2) is 0 Å². The zero-order chi connectivity index (χ0) is 20.5. The summed E-state index contributed by atoms with van der Waals surface area (Å²) >= 11 is 5.91. The highest BCUT2D eigenvalue weighted by Gasteiger charge is 2.20. The lowest BCUT2D eigenvalue weighted by Gasteiger charge is -2.36. The van der Waals surface area contributed by atoms with Crippen LogP contribution < -0.4 is 15.5 Å². The molecule has 1 fully saturated rings. The Balaban J connectivity index is 0.00000320. The van der Waals surface area contributed by atoms with Crippen molar-refractivity contribution in [3.63, 3.8) is 0 Å². The molecule has 0 aromatic heterocycles. The molecule has 1 saturated heterocycles. The second kappa shape index (κ2) is 12.6. The number of guanidine groups is 1. The number of amides is 1. The third kappa shape index (κ3) is 7.36. The van der Waals surface area contributed by atoms with E-state index < -0.39 is 0 Å². The maximum absolute atomic E-state index is 12.5. The van der Waals surface area contributed by atoms with E-state index in [1.165, 1.54) is 5.69 Å². The van der Waals surface area contributed by atoms with Gasteiger partial charge < -0.3 is 20.4 Å². The highest BCUT2D eigenvalue weighted by molar-refractivity contribution is 14.0. The molecule has 0 radical (unpaired) electrons. The standard InChI is InChI=1S/C22H28ClN5O.HI/c1-24-22(26-17-18-7-9-19(23)10-8-18)25-12-11-21(29)28-15-13-27(14-16-28)20-5-3-2-4-6-20;/h2-10H,11-17H2,1H3,(H2,24,25,26);1H. The fraction of sp³-hybridized carbons (Fsp3) is 0.364. The average molecular weight is 542 g/mol. The predicted octanol–water partition coefficient (Wildman–Crippen LogP) is 3.36. The second-order valence-corrected chi connectivity index (χ2v) is 7.37. The van der Waals surface area contributed by atoms with E-state index in [4.69, 9.17) is 11.6 Å². The van der Waals surface area contributed by atoms with Crippen molar-refractivity contribution in [3.05, 3.63) is 65.2 Å². The van der Waals surface area contributed by atoms with Crippen LogP contribution in [0.3, 0.4) is 0 Å². The molecule has 0 spiro atoms. The number of benzene rings is 2. The molecule has 2 N–H and O–H groups in total. The molecule has 1 aliphatic rings. The normalized spacial score (nSPS) is 14.1. The zero-order valence-corrected chi connectivity index (χ0v) is 20.3. The van der Waals surface area contributed by atoms with Gasteiger partial charge in [-0.15, -0.1) is 24.0 Å². The molecule has 2 aromatic rings. The van der Waals surface area contributed by atoms with Gasteiger partial charge in [0.15, 0.2) is 5.96 Å². The molecule has 1 heterocycles. The van der Waals surface area contributed by atoms with Crippen LogP contribution in [0.5, 0.6) is 0 Å². The van der Waals surface area contributed by atoms with E-state index in [1.807, 2.05) is 47.4 Å². The van der Waals surface area contributed by atoms with Crippen LogP contribution in [0.4, 0.5) is 5.69 Å². The number of rotatable bonds is 6. The van der Waals surface area contributed by atoms with Gasteiger partial charge in [0.1, 0.15) is 0 Å². The number of piperazine rings is 1. The van der Waals surface area contributed by atoms with Crippen molar-refractivity contribution >= 4 is 53.1 Å². The Morgan fingerprint density at radius 3 is 2.30 bits per heavy atom. The zero-order valence-electron chi connectivity index (χ0n) is 17.2. The minimum Gasteiger partial charge on any atom is -0.368 e. The molecule has 1 amide bonds. The van der Waals surface area contributed by atoms with Gasteiger partial charge >= 0.3 is 0 Å². The van der Waals surface area contributed by atoms with Crippen LogP contribution in [-0.2, 0) is 11.3 Å². The minimum atomic E-state index is 0. The molecule has 1 aliphatic heterocycles. The van der Waals surface area contributed by atoms with Gasteiger partial charge in [-0.3, -0.25) is 9.79 Å². The number of nitrogens with zero attached hydrogens (tertiary/aromatic N) is 3. The quantitative estimate of drug-likeness (QED) is 0.335. The summed E-state index contributed by atoms with van der Waals surface area (Å²) in [4.78, 5) is 21.0. The molecule has 2 aromatic carbocycles. The summed E-state index contributed by atoms with van der Waals surface area (Å²) in [6.45, 7) is 4.46. The fourth-order valence-electron chi connectivity index (χ4n) is 3.31. The molecule has 30 heavy (non-hydrogen) atoms. The molecule has 0 aliphatic carbocycles. The van der Waals surface area contributed by atoms with Crippen molar-refractivity contribution in [3.8, 4) is 0 Å². The van der Waals surface area contributed by atoms with E-state index in [0.717, 1.165) is 36.8 Å². The molecule has 3 rings (SSSR count). The highest BCUT2D eigenvalue weighted by Crippen LogP contribution is 2.15. The summed E-state index contributed by atoms with van der Waals surface area (Å²) < 4.78 is 0. The Kier molecular flexibility index (Phi) is 10.2. The van der Waals surface area contributed by atoms with Crippen molar-refractivity contribution in [2.75, 3.05) is 44.7 Å². The molecule has 6 nitrogen and oxygen atoms in total. The summed E-state index contributed by atoms with van der Waals surface area (Å²) in [6.07, 6.45) is 0.451. The predicted molar refractivity (Wildman–Crippen MR) is 135 cm³/mol. The SMILES string of the molecule is CN=C(NCCC(=O)N1CCN(c2ccccc2)CC1)NCc1ccc(Cl)cc1.I. The number of para-hydroxylation sites is 1. The fourth-order valence-corrected chi connectivity index (χ4v) is 3.43. The average Bonchev–Trinajstić information content (AvgIpc) is 2.78. The van der Waals surface area contributed by atoms with E-state index >= 15 is 0 Å². The summed E-state index contributed by atoms with van der Waals surface area (Å²) in [7, 11) is 1.72. The van der Waals surface area contributed by atoms with Gasteiger partial charge in [0, 0.05) is 63.4 Å². The monoisotopic (exact) mass is 541 g/mol. The van der Waals surface area contributed by atoms with Crippen molar-refractivity contribution in [2.45, 2.75) is 13.0 Å². The van der Waals surface area contributed by atoms with Crippen LogP contribution in [0.25, 0.3) is 0 Å². The maximum atomic E-state index is 12.5. The summed E-state index contributed by atoms with van der Waals surface area (Å²) in [5.74, 6) is 0.861. The molecule has 0 atom stereocenters. The van der Waals surface area contributed by atoms with Gasteiger partial charge in [-0.1, -0.05) is 41.9 Å². The van der Waals surface area contributed by atoms with E-state index in [1.54, 1.807) is 7.05 Å². The van der Waals surface area contributed by atoms with Crippen molar-refractivity contribution in [2.24, 2.45) is 4.99 Å². The van der Waals surface area contributed by atoms with Crippen LogP contribution in [0, 0.1) is 0 Å². The number of carbonyl (C=O) groups is 1. The lowest BCUT2D eigenvalue weighted by molar-refractivity contribution is -0.131. The van der Waals surface area contributed by atoms with E-state index in [2.05, 4.69) is 32.7 Å². The first kappa shape index (κ1) is 24.3. The topological polar surface area (TPSA) is 60.0 Å². The minimum absolute atomic E-state index is 0. The molecule has 0 saturated carbocycles. The Morgan fingerprint density at radius 1 is 1.00 bits per heavy atom. The molecule has 0 unspecified atom stereocenters. The molecular formula is C22H29ClIN5O. The Labute approximate surface area is 200 Å². The lowest BCUT2D eigenvalue weighted by Crippen LogP contribution is -2.49. The van der Waals surface area contributed by atoms with Gasteiger partial charge in [0.2, 0.25) is 5.91 Å². The van der Waals surface area contributed by atoms with E-state index in [-0.39, 0.29) is 29.9 Å². The third-order valence-electron chi connectivity index (χ3n) is 4.98. The summed E-state index contributed by atoms with van der Waals surface area (Å²) in [6, 6.07) is 18.0. The van der Waals surface area contributed by atoms with Crippen LogP contribution in [0.1, 0.15) is 12.0 Å². The molecule has 0 bridgehead atoms. The smallest absolute Gasteiger partial charge is 0.224 e. The Hall–Kier alpha value is -2.00. The number of aliphatic imine (C=N–C) groups is 1. The molecular weight excluding hydrogens is 513 g/mol. The number of hydrogen-bond donors (Lipinski definition) is 2. The third-order valence-corrected chi connectivity index (χ3v) is 5.23. The first-order chi connectivity index (χ1) is 14.2. The van der Waals surface area contributed by atoms with Crippen LogP contribution in [0.2, 0.25) is 5.02 Å². The van der Waals surface area contributed by atoms with Crippen LogP contribution in [-0.4, -0.2) is 56.5 Å². The van der Waals surface area contributed by atoms with Gasteiger partial charge in [0.05, 0.1) is 0 Å². The van der Waals surface area contributed by atoms with Crippen molar-refractivity contribution in [1.82, 2.24) is 15.5 Å². The first-order valence-electron chi connectivity index (χ1n) is 9.92. The first-order valence-corrected chi connectivity index (χ1v) is 10.3. The van der Waals surface area contributed by atoms with Crippen molar-refractivity contribution in [1.29, 1.82) is 0 Å². The van der Waals surface area contributed by atoms with Gasteiger partial charge in [-0.2, -0.15) is 0 Å². The van der Waals surface area contributed by atoms with Gasteiger partial charge in [-0.05, 0) is 29.8 Å². The van der Waals surface area contributed by atoms with Crippen molar-refractivity contribution < 1.29 is 4.79 Å². The Bertz CT molecular complexity index is 808.